The van der Waals surface area contributed by atoms with E-state index in [1.54, 1.807) is 0 Å². The fraction of sp³-hybridized carbons (Fsp3) is 0.905. The summed E-state index contributed by atoms with van der Waals surface area (Å²) < 4.78 is 34.6. The smallest absolute Gasteiger partial charge is 0.412 e. The van der Waals surface area contributed by atoms with E-state index in [2.05, 4.69) is 0 Å². The third kappa shape index (κ3) is 5.42. The second-order valence-electron chi connectivity index (χ2n) is 9.29. The van der Waals surface area contributed by atoms with Gasteiger partial charge in [0.1, 0.15) is 12.2 Å². The molecule has 0 bridgehead atoms. The average Bonchev–Trinajstić information content (AvgIpc) is 2.72. The van der Waals surface area contributed by atoms with E-state index in [0.29, 0.717) is 12.8 Å². The molecule has 4 N–H and O–H groups in total. The van der Waals surface area contributed by atoms with Crippen LogP contribution in [0.25, 0.3) is 0 Å². The van der Waals surface area contributed by atoms with Crippen LogP contribution in [0, 0.1) is 22.7 Å². The van der Waals surface area contributed by atoms with Crippen molar-refractivity contribution in [1.29, 1.82) is 0 Å². The molecule has 2 atom stereocenters. The van der Waals surface area contributed by atoms with Crippen molar-refractivity contribution in [3.63, 3.8) is 0 Å². The Morgan fingerprint density at radius 1 is 0.742 bits per heavy atom. The highest BCUT2D eigenvalue weighted by Gasteiger charge is 2.57. The van der Waals surface area contributed by atoms with Gasteiger partial charge >= 0.3 is 18.3 Å². The monoisotopic (exact) mass is 446 g/mol. The number of ether oxygens (including phenoxy) is 6. The Balaban J connectivity index is 2.13. The Morgan fingerprint density at radius 3 is 1.23 bits per heavy atom. The highest BCUT2D eigenvalue weighted by atomic mass is 17.0. The predicted octanol–water partition coefficient (Wildman–Crippen LogP) is 2.72. The summed E-state index contributed by atoms with van der Waals surface area (Å²) in [7, 11) is 0. The SMILES string of the molecule is CCC1(C(OC(N)=O)C(C)C)COC2(OC1)OCC(CC)(C(OC(N)=O)C(C)C)CO2. The van der Waals surface area contributed by atoms with Crippen molar-refractivity contribution in [3.05, 3.63) is 0 Å². The molecule has 10 heteroatoms. The van der Waals surface area contributed by atoms with Gasteiger partial charge in [-0.25, -0.2) is 9.59 Å². The van der Waals surface area contributed by atoms with Crippen LogP contribution in [0.2, 0.25) is 0 Å². The van der Waals surface area contributed by atoms with E-state index < -0.39 is 41.4 Å². The van der Waals surface area contributed by atoms with Crippen molar-refractivity contribution in [2.75, 3.05) is 26.4 Å². The van der Waals surface area contributed by atoms with E-state index in [4.69, 9.17) is 39.9 Å². The van der Waals surface area contributed by atoms with Crippen LogP contribution in [0.3, 0.4) is 0 Å². The minimum atomic E-state index is -1.65. The molecule has 2 saturated heterocycles. The first-order valence-electron chi connectivity index (χ1n) is 10.9. The highest BCUT2D eigenvalue weighted by molar-refractivity contribution is 5.65. The van der Waals surface area contributed by atoms with Crippen molar-refractivity contribution in [2.24, 2.45) is 34.1 Å². The summed E-state index contributed by atoms with van der Waals surface area (Å²) in [5.41, 5.74) is 9.39. The van der Waals surface area contributed by atoms with Crippen LogP contribution < -0.4 is 11.5 Å². The molecule has 0 aromatic carbocycles. The Kier molecular flexibility index (Phi) is 8.18. The van der Waals surface area contributed by atoms with Gasteiger partial charge in [0.25, 0.3) is 0 Å². The molecule has 1 spiro atoms. The van der Waals surface area contributed by atoms with Crippen LogP contribution in [0.4, 0.5) is 9.59 Å². The maximum absolute atomic E-state index is 11.4. The number of nitrogens with two attached hydrogens (primary N) is 2. The van der Waals surface area contributed by atoms with E-state index in [9.17, 15) is 9.59 Å². The topological polar surface area (TPSA) is 142 Å². The largest absolute Gasteiger partial charge is 0.445 e. The lowest BCUT2D eigenvalue weighted by molar-refractivity contribution is -0.552. The standard InChI is InChI=1S/C21H38N2O8/c1-7-19(15(13(3)4)30-17(22)24)9-26-21(27-10-19)28-11-20(8-2,12-29-21)16(14(5)6)31-18(23)25/h13-16H,7-12H2,1-6H3,(H2,22,24)(H2,23,25). The Bertz CT molecular complexity index is 565. The van der Waals surface area contributed by atoms with E-state index >= 15 is 0 Å². The first-order valence-corrected chi connectivity index (χ1v) is 10.9. The van der Waals surface area contributed by atoms with Gasteiger partial charge in [-0.05, 0) is 24.7 Å². The number of carbonyl (C=O) groups excluding carboxylic acids is 2. The Morgan fingerprint density at radius 2 is 1.03 bits per heavy atom. The van der Waals surface area contributed by atoms with Gasteiger partial charge in [-0.1, -0.05) is 41.5 Å². The van der Waals surface area contributed by atoms with E-state index in [1.807, 2.05) is 41.5 Å². The van der Waals surface area contributed by atoms with Crippen LogP contribution in [-0.4, -0.2) is 57.0 Å². The van der Waals surface area contributed by atoms with Gasteiger partial charge < -0.3 is 39.9 Å². The minimum Gasteiger partial charge on any atom is -0.445 e. The van der Waals surface area contributed by atoms with Crippen molar-refractivity contribution < 1.29 is 38.0 Å². The second kappa shape index (κ2) is 9.89. The summed E-state index contributed by atoms with van der Waals surface area (Å²) in [6, 6.07) is 0. The Hall–Kier alpha value is -1.62. The molecule has 2 rings (SSSR count). The molecule has 2 aliphatic heterocycles. The molecule has 2 aliphatic rings. The lowest BCUT2D eigenvalue weighted by Crippen LogP contribution is -2.63. The summed E-state index contributed by atoms with van der Waals surface area (Å²) >= 11 is 0. The van der Waals surface area contributed by atoms with Gasteiger partial charge in [-0.3, -0.25) is 0 Å². The van der Waals surface area contributed by atoms with Crippen LogP contribution in [0.1, 0.15) is 54.4 Å². The number of hydrogen-bond donors (Lipinski definition) is 2. The van der Waals surface area contributed by atoms with Crippen LogP contribution in [0.5, 0.6) is 0 Å². The summed E-state index contributed by atoms with van der Waals surface area (Å²) in [4.78, 5) is 22.9. The lowest BCUT2D eigenvalue weighted by atomic mass is 9.75. The van der Waals surface area contributed by atoms with E-state index in [1.165, 1.54) is 0 Å². The number of primary amides is 2. The van der Waals surface area contributed by atoms with Gasteiger partial charge in [-0.15, -0.1) is 0 Å². The average molecular weight is 447 g/mol. The zero-order valence-corrected chi connectivity index (χ0v) is 19.5. The number of hydrogen-bond acceptors (Lipinski definition) is 8. The fourth-order valence-electron chi connectivity index (χ4n) is 4.59. The molecule has 0 aliphatic carbocycles. The molecule has 0 radical (unpaired) electrons. The molecule has 2 amide bonds. The number of amides is 2. The van der Waals surface area contributed by atoms with Gasteiger partial charge in [-0.2, -0.15) is 0 Å². The van der Waals surface area contributed by atoms with Gasteiger partial charge in [0.15, 0.2) is 0 Å². The summed E-state index contributed by atoms with van der Waals surface area (Å²) in [5, 5.41) is 0. The highest BCUT2D eigenvalue weighted by Crippen LogP contribution is 2.45. The lowest BCUT2D eigenvalue weighted by Gasteiger charge is -2.52. The van der Waals surface area contributed by atoms with Crippen LogP contribution >= 0.6 is 0 Å². The third-order valence-electron chi connectivity index (χ3n) is 6.46. The molecule has 10 nitrogen and oxygen atoms in total. The fourth-order valence-corrected chi connectivity index (χ4v) is 4.59. The minimum absolute atomic E-state index is 0.00684. The van der Waals surface area contributed by atoms with Crippen LogP contribution in [0.15, 0.2) is 0 Å². The molecule has 0 aromatic rings. The molecule has 2 heterocycles. The van der Waals surface area contributed by atoms with Crippen LogP contribution in [-0.2, 0) is 28.4 Å². The molecular formula is C21H38N2O8. The summed E-state index contributed by atoms with van der Waals surface area (Å²) in [6.07, 6.45) is -3.02. The van der Waals surface area contributed by atoms with Crippen molar-refractivity contribution >= 4 is 12.2 Å². The quantitative estimate of drug-likeness (QED) is 0.579. The first-order chi connectivity index (χ1) is 14.4. The zero-order chi connectivity index (χ0) is 23.4. The van der Waals surface area contributed by atoms with E-state index in [-0.39, 0.29) is 38.3 Å². The summed E-state index contributed by atoms with van der Waals surface area (Å²) in [5.74, 6) is 0.0137. The normalized spacial score (nSPS) is 33.3. The number of carbonyl (C=O) groups is 2. The zero-order valence-electron chi connectivity index (χ0n) is 19.5. The second-order valence-corrected chi connectivity index (χ2v) is 9.29. The van der Waals surface area contributed by atoms with Gasteiger partial charge in [0.2, 0.25) is 0 Å². The molecule has 0 aromatic heterocycles. The maximum Gasteiger partial charge on any atom is 0.412 e. The maximum atomic E-state index is 11.4. The van der Waals surface area contributed by atoms with Crippen molar-refractivity contribution in [1.82, 2.24) is 0 Å². The van der Waals surface area contributed by atoms with Gasteiger partial charge in [0, 0.05) is 0 Å². The predicted molar refractivity (Wildman–Crippen MR) is 111 cm³/mol. The van der Waals surface area contributed by atoms with Crippen molar-refractivity contribution in [3.8, 4) is 0 Å². The molecule has 0 saturated carbocycles. The number of rotatable bonds is 8. The third-order valence-corrected chi connectivity index (χ3v) is 6.46. The molecule has 31 heavy (non-hydrogen) atoms. The van der Waals surface area contributed by atoms with Crippen molar-refractivity contribution in [2.45, 2.75) is 72.8 Å². The molecule has 180 valence electrons. The first kappa shape index (κ1) is 25.6. The summed E-state index contributed by atoms with van der Waals surface area (Å²) in [6.45, 7) is 12.5. The van der Waals surface area contributed by atoms with Gasteiger partial charge in [0.05, 0.1) is 37.3 Å². The molecular weight excluding hydrogens is 408 g/mol. The molecule has 2 unspecified atom stereocenters. The molecule has 2 fully saturated rings. The Labute approximate surface area is 184 Å². The van der Waals surface area contributed by atoms with E-state index in [0.717, 1.165) is 0 Å².